The van der Waals surface area contributed by atoms with Gasteiger partial charge in [0.25, 0.3) is 0 Å². The van der Waals surface area contributed by atoms with Crippen LogP contribution in [0.4, 0.5) is 23.7 Å². The smallest absolute Gasteiger partial charge is 0.334 e. The molecule has 0 unspecified atom stereocenters. The van der Waals surface area contributed by atoms with Gasteiger partial charge in [-0.3, -0.25) is 0 Å². The van der Waals surface area contributed by atoms with Crippen LogP contribution in [0.5, 0.6) is 0 Å². The van der Waals surface area contributed by atoms with Crippen LogP contribution in [-0.4, -0.2) is 6.03 Å². The summed E-state index contributed by atoms with van der Waals surface area (Å²) in [5.74, 6) is 0. The topological polar surface area (TPSA) is 41.1 Å². The Morgan fingerprint density at radius 2 is 1.78 bits per heavy atom. The zero-order valence-corrected chi connectivity index (χ0v) is 12.8. The standard InChI is InChI=1S/C17H17F3N2O/c1-11-6-7-15(8-12(11)2)22-16(23)21-10-13-4-3-5-14(9-13)17(18,19)20/h3-9H,10H2,1-2H3,(H2,21,22,23). The Balaban J connectivity index is 1.95. The van der Waals surface area contributed by atoms with E-state index in [0.717, 1.165) is 23.3 Å². The molecule has 6 heteroatoms. The Hall–Kier alpha value is -2.50. The normalized spacial score (nSPS) is 11.2. The summed E-state index contributed by atoms with van der Waals surface area (Å²) in [4.78, 5) is 11.8. The van der Waals surface area contributed by atoms with Crippen molar-refractivity contribution in [3.05, 3.63) is 64.7 Å². The second kappa shape index (κ2) is 6.73. The molecule has 2 aromatic rings. The summed E-state index contributed by atoms with van der Waals surface area (Å²) in [5.41, 5.74) is 2.44. The minimum atomic E-state index is -4.39. The van der Waals surface area contributed by atoms with Crippen molar-refractivity contribution in [1.29, 1.82) is 0 Å². The molecule has 0 saturated carbocycles. The van der Waals surface area contributed by atoms with Gasteiger partial charge < -0.3 is 10.6 Å². The molecule has 3 nitrogen and oxygen atoms in total. The van der Waals surface area contributed by atoms with Gasteiger partial charge in [-0.2, -0.15) is 13.2 Å². The van der Waals surface area contributed by atoms with Gasteiger partial charge in [-0.25, -0.2) is 4.79 Å². The fourth-order valence-corrected chi connectivity index (χ4v) is 2.03. The number of rotatable bonds is 3. The average molecular weight is 322 g/mol. The van der Waals surface area contributed by atoms with Gasteiger partial charge >= 0.3 is 12.2 Å². The van der Waals surface area contributed by atoms with Crippen LogP contribution in [0.2, 0.25) is 0 Å². The monoisotopic (exact) mass is 322 g/mol. The SMILES string of the molecule is Cc1ccc(NC(=O)NCc2cccc(C(F)(F)F)c2)cc1C. The van der Waals surface area contributed by atoms with Gasteiger partial charge in [-0.1, -0.05) is 18.2 Å². The van der Waals surface area contributed by atoms with E-state index in [-0.39, 0.29) is 6.54 Å². The molecule has 0 spiro atoms. The maximum Gasteiger partial charge on any atom is 0.416 e. The van der Waals surface area contributed by atoms with E-state index in [9.17, 15) is 18.0 Å². The van der Waals surface area contributed by atoms with Crippen LogP contribution < -0.4 is 10.6 Å². The van der Waals surface area contributed by atoms with E-state index in [0.29, 0.717) is 11.3 Å². The van der Waals surface area contributed by atoms with Crippen molar-refractivity contribution in [3.8, 4) is 0 Å². The summed E-state index contributed by atoms with van der Waals surface area (Å²) >= 11 is 0. The molecule has 0 atom stereocenters. The number of hydrogen-bond donors (Lipinski definition) is 2. The van der Waals surface area contributed by atoms with E-state index in [1.54, 1.807) is 6.07 Å². The number of benzene rings is 2. The van der Waals surface area contributed by atoms with E-state index < -0.39 is 17.8 Å². The van der Waals surface area contributed by atoms with Gasteiger partial charge in [-0.15, -0.1) is 0 Å². The molecule has 0 saturated heterocycles. The third-order valence-electron chi connectivity index (χ3n) is 3.47. The predicted molar refractivity (Wildman–Crippen MR) is 83.2 cm³/mol. The lowest BCUT2D eigenvalue weighted by atomic mass is 10.1. The number of amides is 2. The lowest BCUT2D eigenvalue weighted by molar-refractivity contribution is -0.137. The second-order valence-corrected chi connectivity index (χ2v) is 5.30. The zero-order chi connectivity index (χ0) is 17.0. The molecule has 0 aliphatic heterocycles. The van der Waals surface area contributed by atoms with Crippen LogP contribution in [0, 0.1) is 13.8 Å². The molecule has 2 rings (SSSR count). The molecule has 2 amide bonds. The minimum absolute atomic E-state index is 0.0145. The number of hydrogen-bond acceptors (Lipinski definition) is 1. The van der Waals surface area contributed by atoms with Crippen molar-refractivity contribution >= 4 is 11.7 Å². The molecule has 122 valence electrons. The van der Waals surface area contributed by atoms with Crippen molar-refractivity contribution in [2.24, 2.45) is 0 Å². The third-order valence-corrected chi connectivity index (χ3v) is 3.47. The quantitative estimate of drug-likeness (QED) is 0.849. The second-order valence-electron chi connectivity index (χ2n) is 5.30. The zero-order valence-electron chi connectivity index (χ0n) is 12.8. The molecule has 2 N–H and O–H groups in total. The fourth-order valence-electron chi connectivity index (χ4n) is 2.03. The first-order valence-electron chi connectivity index (χ1n) is 7.04. The van der Waals surface area contributed by atoms with Gasteiger partial charge in [0.05, 0.1) is 5.56 Å². The Kier molecular flexibility index (Phi) is 4.93. The number of anilines is 1. The van der Waals surface area contributed by atoms with Crippen molar-refractivity contribution in [1.82, 2.24) is 5.32 Å². The number of nitrogens with one attached hydrogen (secondary N) is 2. The van der Waals surface area contributed by atoms with E-state index in [1.807, 2.05) is 26.0 Å². The Morgan fingerprint density at radius 3 is 2.43 bits per heavy atom. The van der Waals surface area contributed by atoms with Crippen molar-refractivity contribution < 1.29 is 18.0 Å². The molecular formula is C17H17F3N2O. The van der Waals surface area contributed by atoms with Crippen molar-refractivity contribution in [2.45, 2.75) is 26.6 Å². The highest BCUT2D eigenvalue weighted by Crippen LogP contribution is 2.29. The van der Waals surface area contributed by atoms with Gasteiger partial charge in [0.2, 0.25) is 0 Å². The van der Waals surface area contributed by atoms with Crippen LogP contribution in [0.15, 0.2) is 42.5 Å². The van der Waals surface area contributed by atoms with Gasteiger partial charge in [-0.05, 0) is 54.8 Å². The Bertz CT molecular complexity index is 711. The summed E-state index contributed by atoms with van der Waals surface area (Å²) in [5, 5.41) is 5.20. The molecule has 2 aromatic carbocycles. The van der Waals surface area contributed by atoms with Crippen LogP contribution in [0.1, 0.15) is 22.3 Å². The molecular weight excluding hydrogens is 305 g/mol. The summed E-state index contributed by atoms with van der Waals surface area (Å²) < 4.78 is 37.9. The van der Waals surface area contributed by atoms with Gasteiger partial charge in [0.1, 0.15) is 0 Å². The van der Waals surface area contributed by atoms with E-state index >= 15 is 0 Å². The van der Waals surface area contributed by atoms with E-state index in [1.165, 1.54) is 12.1 Å². The lowest BCUT2D eigenvalue weighted by Crippen LogP contribution is -2.28. The van der Waals surface area contributed by atoms with Crippen LogP contribution in [-0.2, 0) is 12.7 Å². The van der Waals surface area contributed by atoms with Crippen LogP contribution in [0.3, 0.4) is 0 Å². The van der Waals surface area contributed by atoms with Crippen molar-refractivity contribution in [3.63, 3.8) is 0 Å². The summed E-state index contributed by atoms with van der Waals surface area (Å²) in [7, 11) is 0. The number of urea groups is 1. The van der Waals surface area contributed by atoms with Gasteiger partial charge in [0.15, 0.2) is 0 Å². The summed E-state index contributed by atoms with van der Waals surface area (Å²) in [6.45, 7) is 3.91. The summed E-state index contributed by atoms with van der Waals surface area (Å²) in [6, 6.07) is 9.90. The molecule has 0 radical (unpaired) electrons. The first kappa shape index (κ1) is 16.9. The minimum Gasteiger partial charge on any atom is -0.334 e. The highest BCUT2D eigenvalue weighted by molar-refractivity contribution is 5.89. The number of alkyl halides is 3. The van der Waals surface area contributed by atoms with E-state index in [2.05, 4.69) is 10.6 Å². The average Bonchev–Trinajstić information content (AvgIpc) is 2.48. The lowest BCUT2D eigenvalue weighted by Gasteiger charge is -2.11. The molecule has 23 heavy (non-hydrogen) atoms. The maximum absolute atomic E-state index is 12.6. The van der Waals surface area contributed by atoms with Gasteiger partial charge in [0, 0.05) is 12.2 Å². The predicted octanol–water partition coefficient (Wildman–Crippen LogP) is 4.64. The Morgan fingerprint density at radius 1 is 1.04 bits per heavy atom. The van der Waals surface area contributed by atoms with Crippen molar-refractivity contribution in [2.75, 3.05) is 5.32 Å². The molecule has 0 aliphatic carbocycles. The number of halogens is 3. The number of carbonyl (C=O) groups excluding carboxylic acids is 1. The molecule has 0 bridgehead atoms. The molecule has 0 fully saturated rings. The first-order valence-corrected chi connectivity index (χ1v) is 7.04. The highest BCUT2D eigenvalue weighted by atomic mass is 19.4. The van der Waals surface area contributed by atoms with Crippen LogP contribution >= 0.6 is 0 Å². The number of carbonyl (C=O) groups is 1. The Labute approximate surface area is 132 Å². The number of aryl methyl sites for hydroxylation is 2. The van der Waals surface area contributed by atoms with Crippen LogP contribution in [0.25, 0.3) is 0 Å². The maximum atomic E-state index is 12.6. The fraction of sp³-hybridized carbons (Fsp3) is 0.235. The molecule has 0 aromatic heterocycles. The largest absolute Gasteiger partial charge is 0.416 e. The molecule has 0 aliphatic rings. The highest BCUT2D eigenvalue weighted by Gasteiger charge is 2.30. The van der Waals surface area contributed by atoms with E-state index in [4.69, 9.17) is 0 Å². The summed E-state index contributed by atoms with van der Waals surface area (Å²) in [6.07, 6.45) is -4.39. The molecule has 0 heterocycles. The first-order chi connectivity index (χ1) is 10.8. The third kappa shape index (κ3) is 4.74.